The van der Waals surface area contributed by atoms with Gasteiger partial charge in [0.05, 0.1) is 17.9 Å². The van der Waals surface area contributed by atoms with Gasteiger partial charge in [0, 0.05) is 24.8 Å². The van der Waals surface area contributed by atoms with Crippen LogP contribution in [0.25, 0.3) is 10.9 Å². The average molecular weight is 402 g/mol. The Morgan fingerprint density at radius 1 is 1.34 bits per heavy atom. The van der Waals surface area contributed by atoms with Crippen LogP contribution in [-0.2, 0) is 0 Å². The van der Waals surface area contributed by atoms with Gasteiger partial charge in [0.2, 0.25) is 0 Å². The number of H-pyrrole nitrogens is 1. The Hall–Kier alpha value is -2.12. The molecule has 7 nitrogen and oxygen atoms in total. The smallest absolute Gasteiger partial charge is 0.262 e. The number of piperidine rings is 1. The Kier molecular flexibility index (Phi) is 7.50. The Labute approximate surface area is 173 Å². The second kappa shape index (κ2) is 10.1. The molecule has 1 aliphatic rings. The fourth-order valence-electron chi connectivity index (χ4n) is 4.06. The van der Waals surface area contributed by atoms with Crippen LogP contribution in [0.5, 0.6) is 5.75 Å². The minimum absolute atomic E-state index is 0.00479. The molecule has 3 rings (SSSR count). The Balaban J connectivity index is 1.83. The molecule has 1 aromatic heterocycles. The number of nitrogens with two attached hydrogens (primary N) is 1. The topological polar surface area (TPSA) is 87.5 Å². The average Bonchev–Trinajstić information content (AvgIpc) is 2.72. The maximum atomic E-state index is 12.5. The third kappa shape index (κ3) is 5.48. The highest BCUT2D eigenvalue weighted by Crippen LogP contribution is 2.32. The molecule has 0 saturated carbocycles. The zero-order chi connectivity index (χ0) is 20.8. The van der Waals surface area contributed by atoms with Crippen molar-refractivity contribution in [1.29, 1.82) is 0 Å². The third-order valence-corrected chi connectivity index (χ3v) is 5.89. The molecule has 1 fully saturated rings. The van der Waals surface area contributed by atoms with E-state index in [0.29, 0.717) is 23.2 Å². The SMILES string of the molecule is CCC(CCN)Oc1cc(N2CCC(CCN(C)C)CC2)cc2nc[nH]c(=O)c12. The zero-order valence-corrected chi connectivity index (χ0v) is 18.0. The molecular formula is C22H35N5O2. The molecule has 2 aromatic rings. The molecule has 0 amide bonds. The van der Waals surface area contributed by atoms with E-state index in [1.54, 1.807) is 0 Å². The van der Waals surface area contributed by atoms with Crippen LogP contribution in [0.4, 0.5) is 5.69 Å². The minimum atomic E-state index is -0.165. The summed E-state index contributed by atoms with van der Waals surface area (Å²) < 4.78 is 6.24. The maximum Gasteiger partial charge on any atom is 0.262 e. The maximum absolute atomic E-state index is 12.5. The van der Waals surface area contributed by atoms with Crippen molar-refractivity contribution in [2.24, 2.45) is 11.7 Å². The normalized spacial score (nSPS) is 16.5. The quantitative estimate of drug-likeness (QED) is 0.672. The van der Waals surface area contributed by atoms with Crippen LogP contribution in [-0.4, -0.2) is 61.2 Å². The largest absolute Gasteiger partial charge is 0.489 e. The zero-order valence-electron chi connectivity index (χ0n) is 18.0. The van der Waals surface area contributed by atoms with Crippen LogP contribution in [0, 0.1) is 5.92 Å². The number of nitrogens with one attached hydrogen (secondary N) is 1. The molecular weight excluding hydrogens is 366 g/mol. The van der Waals surface area contributed by atoms with Gasteiger partial charge in [-0.05, 0) is 71.3 Å². The summed E-state index contributed by atoms with van der Waals surface area (Å²) in [6, 6.07) is 4.03. The first kappa shape index (κ1) is 21.6. The van der Waals surface area contributed by atoms with E-state index >= 15 is 0 Å². The lowest BCUT2D eigenvalue weighted by Gasteiger charge is -2.34. The molecule has 7 heteroatoms. The molecule has 0 bridgehead atoms. The number of fused-ring (bicyclic) bond motifs is 1. The predicted octanol–water partition coefficient (Wildman–Crippen LogP) is 2.60. The molecule has 3 N–H and O–H groups in total. The lowest BCUT2D eigenvalue weighted by molar-refractivity contribution is 0.192. The van der Waals surface area contributed by atoms with Gasteiger partial charge in [0.15, 0.2) is 0 Å². The number of anilines is 1. The first-order valence-corrected chi connectivity index (χ1v) is 10.8. The number of hydrogen-bond donors (Lipinski definition) is 2. The highest BCUT2D eigenvalue weighted by molar-refractivity contribution is 5.88. The van der Waals surface area contributed by atoms with E-state index in [0.717, 1.165) is 44.1 Å². The molecule has 1 aromatic carbocycles. The summed E-state index contributed by atoms with van der Waals surface area (Å²) in [7, 11) is 4.27. The Morgan fingerprint density at radius 3 is 2.76 bits per heavy atom. The standard InChI is InChI=1S/C22H35N5O2/c1-4-18(5-9-23)29-20-14-17(13-19-21(20)22(28)25-15-24-19)27-11-7-16(8-12-27)6-10-26(2)3/h13-16,18H,4-12,23H2,1-3H3,(H,24,25,28). The number of hydrogen-bond acceptors (Lipinski definition) is 6. The van der Waals surface area contributed by atoms with E-state index in [4.69, 9.17) is 10.5 Å². The van der Waals surface area contributed by atoms with Crippen molar-refractivity contribution in [3.8, 4) is 5.75 Å². The van der Waals surface area contributed by atoms with Crippen LogP contribution < -0.4 is 20.9 Å². The second-order valence-corrected chi connectivity index (χ2v) is 8.32. The molecule has 0 radical (unpaired) electrons. The van der Waals surface area contributed by atoms with Gasteiger partial charge in [-0.1, -0.05) is 6.92 Å². The van der Waals surface area contributed by atoms with Crippen molar-refractivity contribution in [1.82, 2.24) is 14.9 Å². The van der Waals surface area contributed by atoms with Gasteiger partial charge in [0.25, 0.3) is 5.56 Å². The van der Waals surface area contributed by atoms with Crippen molar-refractivity contribution in [2.75, 3.05) is 45.2 Å². The molecule has 0 aliphatic carbocycles. The molecule has 1 atom stereocenters. The van der Waals surface area contributed by atoms with Gasteiger partial charge in [-0.15, -0.1) is 0 Å². The van der Waals surface area contributed by atoms with Crippen LogP contribution in [0.15, 0.2) is 23.3 Å². The van der Waals surface area contributed by atoms with E-state index < -0.39 is 0 Å². The Morgan fingerprint density at radius 2 is 2.10 bits per heavy atom. The summed E-state index contributed by atoms with van der Waals surface area (Å²) in [5.41, 5.74) is 7.33. The molecule has 1 saturated heterocycles. The molecule has 1 aliphatic heterocycles. The van der Waals surface area contributed by atoms with Gasteiger partial charge in [-0.25, -0.2) is 4.98 Å². The van der Waals surface area contributed by atoms with E-state index in [-0.39, 0.29) is 11.7 Å². The third-order valence-electron chi connectivity index (χ3n) is 5.89. The fourth-order valence-corrected chi connectivity index (χ4v) is 4.06. The summed E-state index contributed by atoms with van der Waals surface area (Å²) in [6.45, 7) is 5.82. The van der Waals surface area contributed by atoms with Crippen molar-refractivity contribution in [3.63, 3.8) is 0 Å². The van der Waals surface area contributed by atoms with Crippen LogP contribution in [0.1, 0.15) is 39.0 Å². The van der Waals surface area contributed by atoms with Crippen molar-refractivity contribution in [3.05, 3.63) is 28.8 Å². The number of rotatable bonds is 9. The Bertz CT molecular complexity index is 843. The summed E-state index contributed by atoms with van der Waals surface area (Å²) in [5.74, 6) is 1.39. The first-order valence-electron chi connectivity index (χ1n) is 10.8. The molecule has 29 heavy (non-hydrogen) atoms. The van der Waals surface area contributed by atoms with Gasteiger partial charge in [0.1, 0.15) is 11.1 Å². The van der Waals surface area contributed by atoms with Crippen molar-refractivity contribution >= 4 is 16.6 Å². The lowest BCUT2D eigenvalue weighted by atomic mass is 9.93. The summed E-state index contributed by atoms with van der Waals surface area (Å²) in [6.07, 6.45) is 6.69. The first-order chi connectivity index (χ1) is 14.0. The summed E-state index contributed by atoms with van der Waals surface area (Å²) >= 11 is 0. The number of aromatic amines is 1. The van der Waals surface area contributed by atoms with Crippen LogP contribution in [0.3, 0.4) is 0 Å². The molecule has 1 unspecified atom stereocenters. The summed E-state index contributed by atoms with van der Waals surface area (Å²) in [5, 5.41) is 0.521. The number of nitrogens with zero attached hydrogens (tertiary/aromatic N) is 3. The van der Waals surface area contributed by atoms with E-state index in [1.807, 2.05) is 12.1 Å². The number of ether oxygens (including phenoxy) is 1. The second-order valence-electron chi connectivity index (χ2n) is 8.32. The highest BCUT2D eigenvalue weighted by atomic mass is 16.5. The van der Waals surface area contributed by atoms with E-state index in [1.165, 1.54) is 25.6 Å². The van der Waals surface area contributed by atoms with Crippen LogP contribution in [0.2, 0.25) is 0 Å². The minimum Gasteiger partial charge on any atom is -0.489 e. The molecule has 0 spiro atoms. The van der Waals surface area contributed by atoms with Gasteiger partial charge >= 0.3 is 0 Å². The monoisotopic (exact) mass is 401 g/mol. The predicted molar refractivity (Wildman–Crippen MR) is 119 cm³/mol. The fraction of sp³-hybridized carbons (Fsp3) is 0.636. The molecule has 2 heterocycles. The van der Waals surface area contributed by atoms with Gasteiger partial charge in [-0.2, -0.15) is 0 Å². The lowest BCUT2D eigenvalue weighted by Crippen LogP contribution is -2.34. The van der Waals surface area contributed by atoms with Crippen LogP contribution >= 0.6 is 0 Å². The van der Waals surface area contributed by atoms with Gasteiger partial charge in [-0.3, -0.25) is 4.79 Å². The van der Waals surface area contributed by atoms with Gasteiger partial charge < -0.3 is 25.3 Å². The molecule has 160 valence electrons. The van der Waals surface area contributed by atoms with Crippen molar-refractivity contribution in [2.45, 2.75) is 45.1 Å². The van der Waals surface area contributed by atoms with E-state index in [2.05, 4.69) is 40.8 Å². The number of aromatic nitrogens is 2. The summed E-state index contributed by atoms with van der Waals surface area (Å²) in [4.78, 5) is 24.2. The number of benzene rings is 1. The highest BCUT2D eigenvalue weighted by Gasteiger charge is 2.22. The van der Waals surface area contributed by atoms with E-state index in [9.17, 15) is 4.79 Å². The van der Waals surface area contributed by atoms with Crippen molar-refractivity contribution < 1.29 is 4.74 Å².